The molecule has 1 rings (SSSR count). The van der Waals surface area contributed by atoms with Gasteiger partial charge in [-0.3, -0.25) is 4.79 Å². The number of halogens is 2. The maximum absolute atomic E-state index is 11.2. The maximum Gasteiger partial charge on any atom is 0.328 e. The molecule has 0 radical (unpaired) electrons. The van der Waals surface area contributed by atoms with Crippen LogP contribution in [0.5, 0.6) is 0 Å². The number of rotatable bonds is 3. The molecule has 0 fully saturated rings. The number of carbonyl (C=O) groups is 2. The third-order valence-electron chi connectivity index (χ3n) is 1.57. The Labute approximate surface area is 105 Å². The molecule has 0 spiro atoms. The molecule has 1 aromatic carbocycles. The number of carboxylic acids is 1. The Bertz CT molecular complexity index is 459. The molecule has 2 N–H and O–H groups in total. The van der Waals surface area contributed by atoms with Gasteiger partial charge in [0.1, 0.15) is 0 Å². The predicted octanol–water partition coefficient (Wildman–Crippen LogP) is 2.68. The average molecular weight is 305 g/mol. The standard InChI is InChI=1S/C10H7BrClNO3/c11-6-1-2-8(7(12)5-6)13-9(14)3-4-10(15)16/h1-5H,(H,13,14)(H,15,16)/b4-3+. The Morgan fingerprint density at radius 3 is 2.62 bits per heavy atom. The molecule has 0 aliphatic heterocycles. The minimum Gasteiger partial charge on any atom is -0.478 e. The molecule has 0 saturated carbocycles. The number of carbonyl (C=O) groups excluding carboxylic acids is 1. The molecular formula is C10H7BrClNO3. The van der Waals surface area contributed by atoms with Crippen LogP contribution < -0.4 is 5.32 Å². The van der Waals surface area contributed by atoms with E-state index in [-0.39, 0.29) is 0 Å². The number of aliphatic carboxylic acids is 1. The fraction of sp³-hybridized carbons (Fsp3) is 0. The van der Waals surface area contributed by atoms with Gasteiger partial charge in [0, 0.05) is 16.6 Å². The van der Waals surface area contributed by atoms with Crippen LogP contribution in [0.15, 0.2) is 34.8 Å². The van der Waals surface area contributed by atoms with Crippen molar-refractivity contribution in [2.24, 2.45) is 0 Å². The summed E-state index contributed by atoms with van der Waals surface area (Å²) in [4.78, 5) is 21.4. The van der Waals surface area contributed by atoms with Crippen LogP contribution in [0.2, 0.25) is 5.02 Å². The average Bonchev–Trinajstić information content (AvgIpc) is 2.19. The first-order chi connectivity index (χ1) is 7.49. The van der Waals surface area contributed by atoms with Crippen LogP contribution in [0.1, 0.15) is 0 Å². The highest BCUT2D eigenvalue weighted by Crippen LogP contribution is 2.25. The first kappa shape index (κ1) is 12.7. The smallest absolute Gasteiger partial charge is 0.328 e. The summed E-state index contributed by atoms with van der Waals surface area (Å²) in [6.07, 6.45) is 1.67. The van der Waals surface area contributed by atoms with Gasteiger partial charge in [0.15, 0.2) is 0 Å². The summed E-state index contributed by atoms with van der Waals surface area (Å²) in [6.45, 7) is 0. The lowest BCUT2D eigenvalue weighted by Crippen LogP contribution is -2.08. The van der Waals surface area contributed by atoms with Gasteiger partial charge in [-0.05, 0) is 18.2 Å². The van der Waals surface area contributed by atoms with Crippen LogP contribution in [0.3, 0.4) is 0 Å². The zero-order valence-corrected chi connectivity index (χ0v) is 10.2. The summed E-state index contributed by atoms with van der Waals surface area (Å²) in [6, 6.07) is 4.94. The zero-order valence-electron chi connectivity index (χ0n) is 7.91. The Morgan fingerprint density at radius 2 is 2.06 bits per heavy atom. The summed E-state index contributed by atoms with van der Waals surface area (Å²) in [5, 5.41) is 11.1. The lowest BCUT2D eigenvalue weighted by atomic mass is 10.3. The van der Waals surface area contributed by atoms with Crippen molar-refractivity contribution >= 4 is 45.1 Å². The molecule has 0 unspecified atom stereocenters. The summed E-state index contributed by atoms with van der Waals surface area (Å²) in [7, 11) is 0. The largest absolute Gasteiger partial charge is 0.478 e. The molecule has 84 valence electrons. The van der Waals surface area contributed by atoms with Crippen LogP contribution in [0.25, 0.3) is 0 Å². The van der Waals surface area contributed by atoms with Crippen molar-refractivity contribution < 1.29 is 14.7 Å². The number of amides is 1. The van der Waals surface area contributed by atoms with Gasteiger partial charge in [-0.2, -0.15) is 0 Å². The molecular weight excluding hydrogens is 297 g/mol. The Balaban J connectivity index is 2.73. The quantitative estimate of drug-likeness (QED) is 0.844. The fourth-order valence-electron chi connectivity index (χ4n) is 0.912. The van der Waals surface area contributed by atoms with Gasteiger partial charge in [-0.25, -0.2) is 4.79 Å². The van der Waals surface area contributed by atoms with Crippen LogP contribution in [-0.4, -0.2) is 17.0 Å². The van der Waals surface area contributed by atoms with Crippen LogP contribution in [-0.2, 0) is 9.59 Å². The lowest BCUT2D eigenvalue weighted by Gasteiger charge is -2.04. The fourth-order valence-corrected chi connectivity index (χ4v) is 1.63. The van der Waals surface area contributed by atoms with Crippen molar-refractivity contribution in [3.05, 3.63) is 39.8 Å². The molecule has 0 saturated heterocycles. The number of carboxylic acid groups (broad SMARTS) is 1. The molecule has 1 amide bonds. The molecule has 0 atom stereocenters. The lowest BCUT2D eigenvalue weighted by molar-refractivity contribution is -0.131. The topological polar surface area (TPSA) is 66.4 Å². The van der Waals surface area contributed by atoms with Gasteiger partial charge in [0.05, 0.1) is 10.7 Å². The second-order valence-corrected chi connectivity index (χ2v) is 4.11. The van der Waals surface area contributed by atoms with Crippen molar-refractivity contribution in [2.75, 3.05) is 5.32 Å². The second-order valence-electron chi connectivity index (χ2n) is 2.78. The van der Waals surface area contributed by atoms with E-state index < -0.39 is 11.9 Å². The monoisotopic (exact) mass is 303 g/mol. The molecule has 0 aromatic heterocycles. The minimum absolute atomic E-state index is 0.367. The molecule has 4 nitrogen and oxygen atoms in total. The van der Waals surface area contributed by atoms with Crippen LogP contribution in [0.4, 0.5) is 5.69 Å². The van der Waals surface area contributed by atoms with Gasteiger partial charge in [-0.1, -0.05) is 27.5 Å². The first-order valence-electron chi connectivity index (χ1n) is 4.16. The van der Waals surface area contributed by atoms with Crippen LogP contribution >= 0.6 is 27.5 Å². The number of hydrogen-bond acceptors (Lipinski definition) is 2. The van der Waals surface area contributed by atoms with E-state index in [0.29, 0.717) is 10.7 Å². The van der Waals surface area contributed by atoms with E-state index in [1.54, 1.807) is 18.2 Å². The van der Waals surface area contributed by atoms with Gasteiger partial charge in [0.2, 0.25) is 5.91 Å². The molecule has 16 heavy (non-hydrogen) atoms. The Kier molecular flexibility index (Phi) is 4.52. The van der Waals surface area contributed by atoms with Gasteiger partial charge in [0.25, 0.3) is 0 Å². The van der Waals surface area contributed by atoms with Crippen molar-refractivity contribution in [3.63, 3.8) is 0 Å². The van der Waals surface area contributed by atoms with E-state index >= 15 is 0 Å². The van der Waals surface area contributed by atoms with Gasteiger partial charge in [-0.15, -0.1) is 0 Å². The normalized spacial score (nSPS) is 10.4. The highest BCUT2D eigenvalue weighted by molar-refractivity contribution is 9.10. The third-order valence-corrected chi connectivity index (χ3v) is 2.37. The Hall–Kier alpha value is -1.33. The van der Waals surface area contributed by atoms with Crippen LogP contribution in [0, 0.1) is 0 Å². The molecule has 1 aromatic rings. The van der Waals surface area contributed by atoms with Crippen molar-refractivity contribution in [3.8, 4) is 0 Å². The first-order valence-corrected chi connectivity index (χ1v) is 5.33. The van der Waals surface area contributed by atoms with Crippen molar-refractivity contribution in [2.45, 2.75) is 0 Å². The predicted molar refractivity (Wildman–Crippen MR) is 64.6 cm³/mol. The maximum atomic E-state index is 11.2. The molecule has 0 aliphatic rings. The summed E-state index contributed by atoms with van der Waals surface area (Å²) in [5.41, 5.74) is 0.421. The van der Waals surface area contributed by atoms with E-state index in [9.17, 15) is 9.59 Å². The van der Waals surface area contributed by atoms with Gasteiger partial charge < -0.3 is 10.4 Å². The number of nitrogens with one attached hydrogen (secondary N) is 1. The summed E-state index contributed by atoms with van der Waals surface area (Å²) < 4.78 is 0.788. The minimum atomic E-state index is -1.18. The van der Waals surface area contributed by atoms with E-state index in [4.69, 9.17) is 16.7 Å². The molecule has 0 aliphatic carbocycles. The Morgan fingerprint density at radius 1 is 1.38 bits per heavy atom. The second kappa shape index (κ2) is 5.67. The summed E-state index contributed by atoms with van der Waals surface area (Å²) >= 11 is 9.07. The van der Waals surface area contributed by atoms with E-state index in [1.807, 2.05) is 0 Å². The highest BCUT2D eigenvalue weighted by Gasteiger charge is 2.03. The van der Waals surface area contributed by atoms with E-state index in [2.05, 4.69) is 21.2 Å². The van der Waals surface area contributed by atoms with Crippen molar-refractivity contribution in [1.29, 1.82) is 0 Å². The zero-order chi connectivity index (χ0) is 12.1. The molecule has 0 heterocycles. The SMILES string of the molecule is O=C(O)/C=C/C(=O)Nc1ccc(Br)cc1Cl. The van der Waals surface area contributed by atoms with E-state index in [0.717, 1.165) is 16.6 Å². The highest BCUT2D eigenvalue weighted by atomic mass is 79.9. The van der Waals surface area contributed by atoms with Gasteiger partial charge >= 0.3 is 5.97 Å². The molecule has 0 bridgehead atoms. The number of hydrogen-bond donors (Lipinski definition) is 2. The van der Waals surface area contributed by atoms with Crippen molar-refractivity contribution in [1.82, 2.24) is 0 Å². The number of benzene rings is 1. The molecule has 6 heteroatoms. The summed E-state index contributed by atoms with van der Waals surface area (Å²) in [5.74, 6) is -1.73. The third kappa shape index (κ3) is 4.04. The van der Waals surface area contributed by atoms with E-state index in [1.165, 1.54) is 0 Å². The number of anilines is 1.